The van der Waals surface area contributed by atoms with Gasteiger partial charge in [-0.15, -0.1) is 0 Å². The number of nitrogens with one attached hydrogen (secondary N) is 1. The fraction of sp³-hybridized carbons (Fsp3) is 0.227. The van der Waals surface area contributed by atoms with E-state index in [-0.39, 0.29) is 17.3 Å². The van der Waals surface area contributed by atoms with Gasteiger partial charge in [0.2, 0.25) is 10.0 Å². The number of sulfonamides is 1. The van der Waals surface area contributed by atoms with Crippen molar-refractivity contribution in [1.82, 2.24) is 9.62 Å². The van der Waals surface area contributed by atoms with Crippen molar-refractivity contribution in [2.75, 3.05) is 13.1 Å². The second kappa shape index (κ2) is 8.54. The Labute approximate surface area is 166 Å². The van der Waals surface area contributed by atoms with Crippen LogP contribution in [-0.4, -0.2) is 32.3 Å². The van der Waals surface area contributed by atoms with E-state index in [4.69, 9.17) is 0 Å². The highest BCUT2D eigenvalue weighted by Crippen LogP contribution is 2.19. The summed E-state index contributed by atoms with van der Waals surface area (Å²) in [6.45, 7) is 5.25. The maximum absolute atomic E-state index is 12.7. The van der Waals surface area contributed by atoms with Crippen molar-refractivity contribution < 1.29 is 13.2 Å². The molecule has 0 bridgehead atoms. The van der Waals surface area contributed by atoms with Crippen LogP contribution < -0.4 is 4.72 Å². The van der Waals surface area contributed by atoms with E-state index in [0.29, 0.717) is 18.7 Å². The molecule has 6 heteroatoms. The number of carbonyl (C=O) groups excluding carboxylic acids is 1. The molecule has 0 atom stereocenters. The number of fused-ring (bicyclic) bond motifs is 1. The fourth-order valence-electron chi connectivity index (χ4n) is 3.10. The highest BCUT2D eigenvalue weighted by Gasteiger charge is 2.16. The zero-order valence-electron chi connectivity index (χ0n) is 16.1. The quantitative estimate of drug-likeness (QED) is 0.661. The van der Waals surface area contributed by atoms with Gasteiger partial charge >= 0.3 is 0 Å². The summed E-state index contributed by atoms with van der Waals surface area (Å²) in [5.74, 6) is -0.0516. The zero-order chi connectivity index (χ0) is 20.1. The van der Waals surface area contributed by atoms with Gasteiger partial charge in [-0.05, 0) is 54.4 Å². The lowest BCUT2D eigenvalue weighted by Crippen LogP contribution is -2.30. The van der Waals surface area contributed by atoms with Crippen LogP contribution in [0.2, 0.25) is 0 Å². The van der Waals surface area contributed by atoms with Crippen molar-refractivity contribution >= 4 is 26.7 Å². The maximum atomic E-state index is 12.7. The van der Waals surface area contributed by atoms with Crippen molar-refractivity contribution in [1.29, 1.82) is 0 Å². The zero-order valence-corrected chi connectivity index (χ0v) is 16.9. The highest BCUT2D eigenvalue weighted by molar-refractivity contribution is 7.89. The summed E-state index contributed by atoms with van der Waals surface area (Å²) in [5.41, 5.74) is 1.30. The molecule has 28 heavy (non-hydrogen) atoms. The Hall–Kier alpha value is -2.70. The first-order valence-corrected chi connectivity index (χ1v) is 10.8. The molecular formula is C22H24N2O3S. The molecule has 0 aromatic heterocycles. The summed E-state index contributed by atoms with van der Waals surface area (Å²) in [6, 6.07) is 19.8. The van der Waals surface area contributed by atoms with E-state index in [1.807, 2.05) is 44.2 Å². The van der Waals surface area contributed by atoms with Crippen molar-refractivity contribution in [3.05, 3.63) is 77.9 Å². The number of hydrogen-bond acceptors (Lipinski definition) is 3. The minimum Gasteiger partial charge on any atom is -0.339 e. The number of nitrogens with zero attached hydrogens (tertiary/aromatic N) is 1. The molecule has 0 aliphatic rings. The minimum atomic E-state index is -3.65. The monoisotopic (exact) mass is 396 g/mol. The summed E-state index contributed by atoms with van der Waals surface area (Å²) >= 11 is 0. The van der Waals surface area contributed by atoms with Gasteiger partial charge in [0.05, 0.1) is 4.90 Å². The van der Waals surface area contributed by atoms with Crippen molar-refractivity contribution in [3.63, 3.8) is 0 Å². The number of amides is 1. The van der Waals surface area contributed by atoms with Gasteiger partial charge in [0, 0.05) is 25.2 Å². The van der Waals surface area contributed by atoms with E-state index in [1.165, 1.54) is 0 Å². The van der Waals surface area contributed by atoms with Gasteiger partial charge in [-0.3, -0.25) is 4.79 Å². The predicted molar refractivity (Wildman–Crippen MR) is 112 cm³/mol. The third kappa shape index (κ3) is 4.40. The van der Waals surface area contributed by atoms with Crippen LogP contribution in [0.4, 0.5) is 0 Å². The Morgan fingerprint density at radius 1 is 0.893 bits per heavy atom. The number of rotatable bonds is 7. The fourth-order valence-corrected chi connectivity index (χ4v) is 4.16. The SMILES string of the molecule is CCN(CC)C(=O)c1cccc(CNS(=O)(=O)c2ccc3ccccc3c2)c1. The Morgan fingerprint density at radius 2 is 1.61 bits per heavy atom. The van der Waals surface area contributed by atoms with E-state index < -0.39 is 10.0 Å². The minimum absolute atomic E-state index is 0.0516. The van der Waals surface area contributed by atoms with Gasteiger partial charge in [-0.25, -0.2) is 13.1 Å². The lowest BCUT2D eigenvalue weighted by molar-refractivity contribution is 0.0773. The molecule has 5 nitrogen and oxygen atoms in total. The first-order valence-electron chi connectivity index (χ1n) is 9.31. The average molecular weight is 397 g/mol. The summed E-state index contributed by atoms with van der Waals surface area (Å²) in [7, 11) is -3.65. The first-order chi connectivity index (χ1) is 13.4. The van der Waals surface area contributed by atoms with Crippen molar-refractivity contribution in [2.24, 2.45) is 0 Å². The van der Waals surface area contributed by atoms with Crippen LogP contribution in [-0.2, 0) is 16.6 Å². The average Bonchev–Trinajstić information content (AvgIpc) is 2.73. The second-order valence-electron chi connectivity index (χ2n) is 6.51. The molecule has 1 amide bonds. The largest absolute Gasteiger partial charge is 0.339 e. The van der Waals surface area contributed by atoms with Crippen LogP contribution in [0.1, 0.15) is 29.8 Å². The van der Waals surface area contributed by atoms with Gasteiger partial charge in [-0.1, -0.05) is 42.5 Å². The molecule has 0 radical (unpaired) electrons. The molecule has 0 aliphatic heterocycles. The van der Waals surface area contributed by atoms with Crippen LogP contribution in [0, 0.1) is 0 Å². The first kappa shape index (κ1) is 20.0. The summed E-state index contributed by atoms with van der Waals surface area (Å²) in [6.07, 6.45) is 0. The Bertz CT molecular complexity index is 1090. The van der Waals surface area contributed by atoms with E-state index in [1.54, 1.807) is 41.3 Å². The topological polar surface area (TPSA) is 66.5 Å². The molecule has 0 fully saturated rings. The van der Waals surface area contributed by atoms with E-state index >= 15 is 0 Å². The van der Waals surface area contributed by atoms with Gasteiger partial charge in [0.15, 0.2) is 0 Å². The Balaban J connectivity index is 1.77. The van der Waals surface area contributed by atoms with E-state index in [0.717, 1.165) is 16.3 Å². The van der Waals surface area contributed by atoms with Crippen LogP contribution in [0.5, 0.6) is 0 Å². The number of carbonyl (C=O) groups is 1. The second-order valence-corrected chi connectivity index (χ2v) is 8.28. The summed E-state index contributed by atoms with van der Waals surface area (Å²) in [5, 5.41) is 1.86. The molecule has 0 spiro atoms. The molecule has 0 saturated carbocycles. The molecule has 146 valence electrons. The Kier molecular flexibility index (Phi) is 6.11. The molecule has 3 aromatic carbocycles. The molecule has 0 heterocycles. The molecule has 0 unspecified atom stereocenters. The predicted octanol–water partition coefficient (Wildman–Crippen LogP) is 3.80. The lowest BCUT2D eigenvalue weighted by atomic mass is 10.1. The third-order valence-electron chi connectivity index (χ3n) is 4.72. The number of hydrogen-bond donors (Lipinski definition) is 1. The van der Waals surface area contributed by atoms with Crippen LogP contribution in [0.3, 0.4) is 0 Å². The van der Waals surface area contributed by atoms with Gasteiger partial charge in [0.1, 0.15) is 0 Å². The van der Waals surface area contributed by atoms with Crippen LogP contribution >= 0.6 is 0 Å². The maximum Gasteiger partial charge on any atom is 0.253 e. The van der Waals surface area contributed by atoms with Gasteiger partial charge < -0.3 is 4.90 Å². The van der Waals surface area contributed by atoms with Crippen molar-refractivity contribution in [3.8, 4) is 0 Å². The normalized spacial score (nSPS) is 11.5. The van der Waals surface area contributed by atoms with Crippen LogP contribution in [0.25, 0.3) is 10.8 Å². The smallest absolute Gasteiger partial charge is 0.253 e. The highest BCUT2D eigenvalue weighted by atomic mass is 32.2. The van der Waals surface area contributed by atoms with Crippen molar-refractivity contribution in [2.45, 2.75) is 25.3 Å². The number of benzene rings is 3. The van der Waals surface area contributed by atoms with E-state index in [2.05, 4.69) is 4.72 Å². The molecule has 3 rings (SSSR count). The lowest BCUT2D eigenvalue weighted by Gasteiger charge is -2.19. The van der Waals surface area contributed by atoms with Crippen LogP contribution in [0.15, 0.2) is 71.6 Å². The summed E-state index contributed by atoms with van der Waals surface area (Å²) in [4.78, 5) is 14.5. The van der Waals surface area contributed by atoms with Gasteiger partial charge in [-0.2, -0.15) is 0 Å². The molecule has 0 saturated heterocycles. The molecule has 3 aromatic rings. The Morgan fingerprint density at radius 3 is 2.32 bits per heavy atom. The molecule has 1 N–H and O–H groups in total. The third-order valence-corrected chi connectivity index (χ3v) is 6.12. The van der Waals surface area contributed by atoms with E-state index in [9.17, 15) is 13.2 Å². The molecular weight excluding hydrogens is 372 g/mol. The summed E-state index contributed by atoms with van der Waals surface area (Å²) < 4.78 is 28.0. The standard InChI is InChI=1S/C22H24N2O3S/c1-3-24(4-2)22(25)20-11-7-8-17(14-20)16-23-28(26,27)21-13-12-18-9-5-6-10-19(18)15-21/h5-15,23H,3-4,16H2,1-2H3. The molecule has 0 aliphatic carbocycles. The van der Waals surface area contributed by atoms with Gasteiger partial charge in [0.25, 0.3) is 5.91 Å².